The average Bonchev–Trinajstić information content (AvgIpc) is 3.92. The van der Waals surface area contributed by atoms with E-state index in [-0.39, 0.29) is 76.6 Å². The van der Waals surface area contributed by atoms with Crippen molar-refractivity contribution in [2.24, 2.45) is 5.73 Å². The second kappa shape index (κ2) is 30.7. The molecule has 1 aliphatic heterocycles. The zero-order valence-electron chi connectivity index (χ0n) is 47.6. The monoisotopic (exact) mass is 1150 g/mol. The number of phenols is 1. The van der Waals surface area contributed by atoms with Crippen LogP contribution in [0.3, 0.4) is 0 Å². The van der Waals surface area contributed by atoms with Crippen LogP contribution in [0, 0.1) is 0 Å². The first-order valence-corrected chi connectivity index (χ1v) is 27.4. The molecule has 25 nitrogen and oxygen atoms in total. The number of carbonyl (C=O) groups is 11. The predicted molar refractivity (Wildman–Crippen MR) is 303 cm³/mol. The van der Waals surface area contributed by atoms with Crippen LogP contribution in [0.25, 0.3) is 10.9 Å². The van der Waals surface area contributed by atoms with Crippen LogP contribution in [0.15, 0.2) is 85.1 Å². The molecule has 1 fully saturated rings. The van der Waals surface area contributed by atoms with Crippen LogP contribution in [0.4, 0.5) is 4.79 Å². The number of benzene rings is 3. The van der Waals surface area contributed by atoms with Gasteiger partial charge in [-0.1, -0.05) is 60.7 Å². The van der Waals surface area contributed by atoms with E-state index in [1.54, 1.807) is 102 Å². The van der Waals surface area contributed by atoms with Crippen LogP contribution < -0.4 is 53.6 Å². The summed E-state index contributed by atoms with van der Waals surface area (Å²) in [4.78, 5) is 154. The lowest BCUT2D eigenvalue weighted by molar-refractivity contribution is -0.156. The van der Waals surface area contributed by atoms with E-state index in [1.807, 2.05) is 0 Å². The Kier molecular flexibility index (Phi) is 24.0. The Hall–Kier alpha value is -9.03. The van der Waals surface area contributed by atoms with E-state index in [1.165, 1.54) is 24.3 Å². The van der Waals surface area contributed by atoms with Crippen LogP contribution in [0.2, 0.25) is 0 Å². The Balaban J connectivity index is 1.44. The van der Waals surface area contributed by atoms with Crippen LogP contribution in [0.5, 0.6) is 5.75 Å². The Morgan fingerprint density at radius 3 is 1.89 bits per heavy atom. The van der Waals surface area contributed by atoms with Gasteiger partial charge in [-0.2, -0.15) is 0 Å². The lowest BCUT2D eigenvalue weighted by Crippen LogP contribution is -2.59. The molecule has 0 saturated carbocycles. The molecule has 0 spiro atoms. The third kappa shape index (κ3) is 22.8. The largest absolute Gasteiger partial charge is 0.508 e. The molecule has 2 unspecified atom stereocenters. The Bertz CT molecular complexity index is 2940. The number of nitrogens with two attached hydrogens (primary N) is 1. The number of fused-ring (bicyclic) bond motifs is 1. The minimum atomic E-state index is -1.70. The maximum atomic E-state index is 14.7. The molecule has 1 aromatic heterocycles. The van der Waals surface area contributed by atoms with Crippen molar-refractivity contribution in [3.8, 4) is 5.75 Å². The summed E-state index contributed by atoms with van der Waals surface area (Å²) in [5.74, 6) is -8.31. The summed E-state index contributed by atoms with van der Waals surface area (Å²) in [6, 6.07) is 13.0. The quantitative estimate of drug-likeness (QED) is 0.0701. The van der Waals surface area contributed by atoms with Crippen molar-refractivity contribution in [3.05, 3.63) is 102 Å². The summed E-state index contributed by atoms with van der Waals surface area (Å²) in [5, 5.41) is 34.0. The molecular formula is C58H77N11O14. The summed E-state index contributed by atoms with van der Waals surface area (Å²) in [5.41, 5.74) is 6.19. The summed E-state index contributed by atoms with van der Waals surface area (Å²) >= 11 is 0. The second-order valence-corrected chi connectivity index (χ2v) is 22.1. The van der Waals surface area contributed by atoms with Gasteiger partial charge in [0.1, 0.15) is 53.2 Å². The molecule has 448 valence electrons. The lowest BCUT2D eigenvalue weighted by Gasteiger charge is -2.27. The zero-order valence-corrected chi connectivity index (χ0v) is 47.6. The number of rotatable bonds is 16. The highest BCUT2D eigenvalue weighted by atomic mass is 16.6. The summed E-state index contributed by atoms with van der Waals surface area (Å²) < 4.78 is 10.9. The summed E-state index contributed by atoms with van der Waals surface area (Å²) in [7, 11) is 0. The molecule has 1 aliphatic rings. The number of H-pyrrole nitrogens is 1. The van der Waals surface area contributed by atoms with Crippen LogP contribution >= 0.6 is 0 Å². The molecule has 13 N–H and O–H groups in total. The maximum absolute atomic E-state index is 14.7. The van der Waals surface area contributed by atoms with Gasteiger partial charge >= 0.3 is 12.1 Å². The Labute approximate surface area is 480 Å². The molecule has 0 aliphatic carbocycles. The Morgan fingerprint density at radius 1 is 0.651 bits per heavy atom. The molecule has 5 rings (SSSR count). The van der Waals surface area contributed by atoms with Gasteiger partial charge in [-0.3, -0.25) is 47.9 Å². The average molecular weight is 1150 g/mol. The molecule has 0 bridgehead atoms. The van der Waals surface area contributed by atoms with Gasteiger partial charge in [0.05, 0.1) is 13.0 Å². The van der Waals surface area contributed by atoms with Crippen molar-refractivity contribution >= 4 is 76.1 Å². The summed E-state index contributed by atoms with van der Waals surface area (Å²) in [6.07, 6.45) is -0.967. The highest BCUT2D eigenvalue weighted by Gasteiger charge is 2.35. The van der Waals surface area contributed by atoms with Crippen molar-refractivity contribution in [2.75, 3.05) is 19.6 Å². The molecule has 2 heterocycles. The highest BCUT2D eigenvalue weighted by Crippen LogP contribution is 2.20. The molecule has 25 heteroatoms. The molecule has 0 radical (unpaired) electrons. The number of ether oxygens (including phenoxy) is 2. The van der Waals surface area contributed by atoms with Gasteiger partial charge in [-0.25, -0.2) is 4.79 Å². The van der Waals surface area contributed by atoms with Crippen LogP contribution in [-0.2, 0) is 76.7 Å². The van der Waals surface area contributed by atoms with E-state index in [9.17, 15) is 57.8 Å². The van der Waals surface area contributed by atoms with E-state index < -0.39 is 126 Å². The predicted octanol–water partition coefficient (Wildman–Crippen LogP) is 1.14. The van der Waals surface area contributed by atoms with Crippen molar-refractivity contribution in [1.82, 2.24) is 52.8 Å². The lowest BCUT2D eigenvalue weighted by atomic mass is 10.0. The Morgan fingerprint density at radius 2 is 1.25 bits per heavy atom. The number of aromatic hydroxyl groups is 1. The normalized spacial score (nSPS) is 18.5. The minimum absolute atomic E-state index is 0.00146. The number of hydrogen-bond acceptors (Lipinski definition) is 14. The van der Waals surface area contributed by atoms with Crippen LogP contribution in [-0.4, -0.2) is 142 Å². The molecule has 10 amide bonds. The van der Waals surface area contributed by atoms with Crippen molar-refractivity contribution in [1.29, 1.82) is 0 Å². The smallest absolute Gasteiger partial charge is 0.408 e. The van der Waals surface area contributed by atoms with Crippen molar-refractivity contribution in [2.45, 2.75) is 153 Å². The van der Waals surface area contributed by atoms with E-state index >= 15 is 0 Å². The molecule has 6 atom stereocenters. The molecule has 1 saturated heterocycles. The number of aromatic nitrogens is 1. The standard InChI is InChI=1S/C58H77N11O14/c1-57(2,3)82-49(74)31-45(55(80)67-42(50(59)75)28-34-14-8-7-9-15-34)68-52(77)41-19-13-27-61-47(72)25-24-46(71)60-26-12-18-40(65-53(78)43(69-56(81)83-58(4,5)6)29-35-20-22-37(70)23-21-35)51(76)63-33-48(73)64-44(54(79)66-41)30-36-32-62-39-17-11-10-16-38(36)39/h7-11,14-17,20-23,32,40-45,62,70H,12-13,18-19,24-31,33H2,1-6H3,(H2,59,75)(H,60,71)(H,61,72)(H,63,76)(H,64,73)(H,65,78)(H,66,79)(H,67,80)(H,68,77)(H,69,81)/t40-,41?,42-,43-,44?,45-/m0/s1. The third-order valence-electron chi connectivity index (χ3n) is 12.8. The van der Waals surface area contributed by atoms with E-state index in [2.05, 4.69) is 52.8 Å². The highest BCUT2D eigenvalue weighted by molar-refractivity contribution is 5.98. The molecular weight excluding hydrogens is 1070 g/mol. The van der Waals surface area contributed by atoms with Gasteiger partial charge < -0.3 is 73.1 Å². The number of carbonyl (C=O) groups excluding carboxylic acids is 11. The topological polar surface area (TPSA) is 377 Å². The second-order valence-electron chi connectivity index (χ2n) is 22.1. The first-order valence-electron chi connectivity index (χ1n) is 27.4. The van der Waals surface area contributed by atoms with Crippen molar-refractivity contribution in [3.63, 3.8) is 0 Å². The minimum Gasteiger partial charge on any atom is -0.508 e. The number of aromatic amines is 1. The number of esters is 1. The third-order valence-corrected chi connectivity index (χ3v) is 12.8. The first-order chi connectivity index (χ1) is 39.2. The SMILES string of the molecule is CC(C)(C)OC(=O)C[C@H](NC(=O)C1CCCNC(=O)CCC(=O)NCCC[C@H](NC(=O)[C@H](Cc2ccc(O)cc2)NC(=O)OC(C)(C)C)C(=O)NCC(=O)NC(Cc2c[nH]c3ccccc23)C(=O)N1)C(=O)N[C@@H](Cc1ccccc1)C(N)=O. The number of primary amides is 1. The maximum Gasteiger partial charge on any atom is 0.408 e. The van der Waals surface area contributed by atoms with Gasteiger partial charge in [-0.15, -0.1) is 0 Å². The van der Waals surface area contributed by atoms with Gasteiger partial charge in [-0.05, 0) is 102 Å². The number of phenolic OH excluding ortho intramolecular Hbond substituents is 1. The summed E-state index contributed by atoms with van der Waals surface area (Å²) in [6.45, 7) is 8.90. The van der Waals surface area contributed by atoms with Crippen molar-refractivity contribution < 1.29 is 67.3 Å². The van der Waals surface area contributed by atoms with E-state index in [0.717, 1.165) is 0 Å². The number of hydrogen-bond donors (Lipinski definition) is 12. The van der Waals surface area contributed by atoms with Gasteiger partial charge in [0.2, 0.25) is 53.2 Å². The fourth-order valence-electron chi connectivity index (χ4n) is 8.72. The number of amides is 10. The first kappa shape index (κ1) is 64.8. The number of alkyl carbamates (subject to hydrolysis) is 1. The van der Waals surface area contributed by atoms with E-state index in [4.69, 9.17) is 15.2 Å². The van der Waals surface area contributed by atoms with Gasteiger partial charge in [0.25, 0.3) is 0 Å². The number of nitrogens with one attached hydrogen (secondary N) is 10. The van der Waals surface area contributed by atoms with Crippen LogP contribution in [0.1, 0.15) is 103 Å². The fraction of sp³-hybridized carbons (Fsp3) is 0.466. The zero-order chi connectivity index (χ0) is 60.9. The van der Waals surface area contributed by atoms with E-state index in [0.29, 0.717) is 27.6 Å². The van der Waals surface area contributed by atoms with Gasteiger partial charge in [0.15, 0.2) is 0 Å². The molecule has 3 aromatic carbocycles. The molecule has 4 aromatic rings. The molecule has 83 heavy (non-hydrogen) atoms. The van der Waals surface area contributed by atoms with Gasteiger partial charge in [0, 0.05) is 62.3 Å². The fourth-order valence-corrected chi connectivity index (χ4v) is 8.72. The number of para-hydroxylation sites is 1.